The highest BCUT2D eigenvalue weighted by atomic mass is 16.5. The number of hydrogen-bond acceptors (Lipinski definition) is 5. The lowest BCUT2D eigenvalue weighted by Crippen LogP contribution is -2.38. The van der Waals surface area contributed by atoms with Gasteiger partial charge in [-0.05, 0) is 25.7 Å². The maximum atomic E-state index is 9.93. The molecule has 0 radical (unpaired) electrons. The number of ether oxygens (including phenoxy) is 2. The van der Waals surface area contributed by atoms with Gasteiger partial charge in [0.05, 0.1) is 37.6 Å². The van der Waals surface area contributed by atoms with Crippen molar-refractivity contribution in [3.63, 3.8) is 0 Å². The van der Waals surface area contributed by atoms with E-state index in [0.29, 0.717) is 38.5 Å². The predicted octanol–water partition coefficient (Wildman–Crippen LogP) is 2.00. The second-order valence-electron chi connectivity index (χ2n) is 7.15. The van der Waals surface area contributed by atoms with Crippen molar-refractivity contribution in [2.24, 2.45) is 0 Å². The molecule has 2 saturated carbocycles. The Morgan fingerprint density at radius 2 is 1.09 bits per heavy atom. The molecule has 2 atom stereocenters. The highest BCUT2D eigenvalue weighted by Gasteiger charge is 2.17. The first-order valence-corrected chi connectivity index (χ1v) is 9.54. The van der Waals surface area contributed by atoms with Gasteiger partial charge in [-0.15, -0.1) is 0 Å². The zero-order chi connectivity index (χ0) is 16.3. The summed E-state index contributed by atoms with van der Waals surface area (Å²) in [5.41, 5.74) is 0. The summed E-state index contributed by atoms with van der Waals surface area (Å²) in [6.45, 7) is 1.67. The average molecular weight is 329 g/mol. The second kappa shape index (κ2) is 11.4. The van der Waals surface area contributed by atoms with Crippen molar-refractivity contribution in [3.8, 4) is 0 Å². The first kappa shape index (κ1) is 19.1. The van der Waals surface area contributed by atoms with Crippen LogP contribution in [-0.2, 0) is 9.47 Å². The first-order chi connectivity index (χ1) is 11.2. The molecule has 5 heteroatoms. The molecular formula is C18H35NO4. The fourth-order valence-electron chi connectivity index (χ4n) is 3.49. The third kappa shape index (κ3) is 8.45. The molecule has 136 valence electrons. The maximum Gasteiger partial charge on any atom is 0.0897 e. The van der Waals surface area contributed by atoms with Crippen LogP contribution in [0.5, 0.6) is 0 Å². The van der Waals surface area contributed by atoms with Crippen LogP contribution in [0.15, 0.2) is 0 Å². The van der Waals surface area contributed by atoms with Gasteiger partial charge in [0.15, 0.2) is 0 Å². The summed E-state index contributed by atoms with van der Waals surface area (Å²) in [6, 6.07) is 0. The molecule has 0 bridgehead atoms. The summed E-state index contributed by atoms with van der Waals surface area (Å²) in [5.74, 6) is 0. The third-order valence-electron chi connectivity index (χ3n) is 4.91. The molecule has 2 aliphatic carbocycles. The fraction of sp³-hybridized carbons (Fsp3) is 1.00. The van der Waals surface area contributed by atoms with E-state index >= 15 is 0 Å². The standard InChI is InChI=1S/C18H35NO4/c20-15(13-22-17-7-3-1-4-8-17)11-19-12-16(21)14-23-18-9-5-2-6-10-18/h15-21H,1-14H2. The highest BCUT2D eigenvalue weighted by Crippen LogP contribution is 2.21. The van der Waals surface area contributed by atoms with E-state index < -0.39 is 12.2 Å². The smallest absolute Gasteiger partial charge is 0.0897 e. The predicted molar refractivity (Wildman–Crippen MR) is 90.5 cm³/mol. The molecule has 0 heterocycles. The second-order valence-corrected chi connectivity index (χ2v) is 7.15. The van der Waals surface area contributed by atoms with Crippen molar-refractivity contribution in [3.05, 3.63) is 0 Å². The van der Waals surface area contributed by atoms with Crippen LogP contribution in [0, 0.1) is 0 Å². The van der Waals surface area contributed by atoms with Gasteiger partial charge in [0.25, 0.3) is 0 Å². The van der Waals surface area contributed by atoms with Crippen molar-refractivity contribution in [2.45, 2.75) is 88.6 Å². The Kier molecular flexibility index (Phi) is 9.46. The van der Waals surface area contributed by atoms with Crippen LogP contribution in [0.3, 0.4) is 0 Å². The molecule has 3 N–H and O–H groups in total. The largest absolute Gasteiger partial charge is 0.389 e. The number of aliphatic hydroxyl groups is 2. The first-order valence-electron chi connectivity index (χ1n) is 9.54. The SMILES string of the molecule is OC(CNCC(O)COC1CCCCC1)COC1CCCCC1. The molecule has 0 aliphatic heterocycles. The lowest BCUT2D eigenvalue weighted by Gasteiger charge is -2.24. The van der Waals surface area contributed by atoms with Gasteiger partial charge in [-0.2, -0.15) is 0 Å². The van der Waals surface area contributed by atoms with E-state index in [9.17, 15) is 10.2 Å². The highest BCUT2D eigenvalue weighted by molar-refractivity contribution is 4.69. The molecule has 2 fully saturated rings. The van der Waals surface area contributed by atoms with Gasteiger partial charge in [-0.1, -0.05) is 38.5 Å². The van der Waals surface area contributed by atoms with Crippen molar-refractivity contribution in [1.82, 2.24) is 5.32 Å². The van der Waals surface area contributed by atoms with Gasteiger partial charge in [-0.3, -0.25) is 0 Å². The normalized spacial score (nSPS) is 23.7. The minimum atomic E-state index is -0.511. The molecule has 2 unspecified atom stereocenters. The summed E-state index contributed by atoms with van der Waals surface area (Å²) in [7, 11) is 0. The minimum Gasteiger partial charge on any atom is -0.389 e. The molecule has 0 aromatic carbocycles. The summed E-state index contributed by atoms with van der Waals surface area (Å²) in [6.07, 6.45) is 11.7. The minimum absolute atomic E-state index is 0.327. The summed E-state index contributed by atoms with van der Waals surface area (Å²) >= 11 is 0. The molecule has 0 amide bonds. The molecule has 0 saturated heterocycles. The van der Waals surface area contributed by atoms with Crippen LogP contribution in [0.25, 0.3) is 0 Å². The monoisotopic (exact) mass is 329 g/mol. The third-order valence-corrected chi connectivity index (χ3v) is 4.91. The van der Waals surface area contributed by atoms with Crippen LogP contribution in [-0.4, -0.2) is 60.9 Å². The van der Waals surface area contributed by atoms with Crippen LogP contribution in [0.1, 0.15) is 64.2 Å². The van der Waals surface area contributed by atoms with Gasteiger partial charge in [0, 0.05) is 13.1 Å². The average Bonchev–Trinajstić information content (AvgIpc) is 2.60. The summed E-state index contributed by atoms with van der Waals surface area (Å²) in [5, 5.41) is 23.0. The Morgan fingerprint density at radius 3 is 1.48 bits per heavy atom. The van der Waals surface area contributed by atoms with Crippen LogP contribution in [0.2, 0.25) is 0 Å². The molecule has 2 rings (SSSR count). The molecule has 5 nitrogen and oxygen atoms in total. The van der Waals surface area contributed by atoms with Crippen LogP contribution < -0.4 is 5.32 Å². The summed E-state index contributed by atoms with van der Waals surface area (Å²) in [4.78, 5) is 0. The Labute approximate surface area is 140 Å². The Morgan fingerprint density at radius 1 is 0.696 bits per heavy atom. The van der Waals surface area contributed by atoms with Crippen LogP contribution in [0.4, 0.5) is 0 Å². The number of aliphatic hydroxyl groups excluding tert-OH is 2. The topological polar surface area (TPSA) is 71.0 Å². The summed E-state index contributed by atoms with van der Waals surface area (Å²) < 4.78 is 11.5. The van der Waals surface area contributed by atoms with Gasteiger partial charge in [0.1, 0.15) is 0 Å². The van der Waals surface area contributed by atoms with Crippen LogP contribution >= 0.6 is 0 Å². The van der Waals surface area contributed by atoms with Crippen molar-refractivity contribution in [2.75, 3.05) is 26.3 Å². The lowest BCUT2D eigenvalue weighted by molar-refractivity contribution is -0.0308. The van der Waals surface area contributed by atoms with E-state index in [2.05, 4.69) is 5.32 Å². The lowest BCUT2D eigenvalue weighted by atomic mass is 9.98. The van der Waals surface area contributed by atoms with E-state index in [-0.39, 0.29) is 0 Å². The number of hydrogen-bond donors (Lipinski definition) is 3. The molecule has 0 spiro atoms. The van der Waals surface area contributed by atoms with Crippen molar-refractivity contribution < 1.29 is 19.7 Å². The number of nitrogens with one attached hydrogen (secondary N) is 1. The molecule has 0 aromatic heterocycles. The quantitative estimate of drug-likeness (QED) is 0.572. The zero-order valence-corrected chi connectivity index (χ0v) is 14.4. The van der Waals surface area contributed by atoms with Gasteiger partial charge in [-0.25, -0.2) is 0 Å². The molecule has 2 aliphatic rings. The molecule has 23 heavy (non-hydrogen) atoms. The van der Waals surface area contributed by atoms with Gasteiger partial charge >= 0.3 is 0 Å². The Hall–Kier alpha value is -0.200. The maximum absolute atomic E-state index is 9.93. The van der Waals surface area contributed by atoms with E-state index in [0.717, 1.165) is 25.7 Å². The number of rotatable bonds is 10. The zero-order valence-electron chi connectivity index (χ0n) is 14.4. The van der Waals surface area contributed by atoms with E-state index in [1.54, 1.807) is 0 Å². The molecular weight excluding hydrogens is 294 g/mol. The van der Waals surface area contributed by atoms with Crippen molar-refractivity contribution in [1.29, 1.82) is 0 Å². The Bertz CT molecular complexity index is 263. The Balaban J connectivity index is 1.44. The molecule has 0 aromatic rings. The van der Waals surface area contributed by atoms with E-state index in [4.69, 9.17) is 9.47 Å². The van der Waals surface area contributed by atoms with Gasteiger partial charge in [0.2, 0.25) is 0 Å². The van der Waals surface area contributed by atoms with E-state index in [1.165, 1.54) is 38.5 Å². The van der Waals surface area contributed by atoms with Gasteiger partial charge < -0.3 is 25.0 Å². The van der Waals surface area contributed by atoms with Crippen molar-refractivity contribution >= 4 is 0 Å². The fourth-order valence-corrected chi connectivity index (χ4v) is 3.49. The van der Waals surface area contributed by atoms with E-state index in [1.807, 2.05) is 0 Å².